The first-order chi connectivity index (χ1) is 11.0. The van der Waals surface area contributed by atoms with Crippen molar-refractivity contribution in [3.8, 4) is 0 Å². The van der Waals surface area contributed by atoms with Gasteiger partial charge in [-0.2, -0.15) is 0 Å². The van der Waals surface area contributed by atoms with Crippen LogP contribution >= 0.6 is 0 Å². The van der Waals surface area contributed by atoms with Gasteiger partial charge in [-0.1, -0.05) is 112 Å². The average Bonchev–Trinajstić information content (AvgIpc) is 2.52. The van der Waals surface area contributed by atoms with E-state index in [-0.39, 0.29) is 0 Å². The van der Waals surface area contributed by atoms with Gasteiger partial charge in [-0.05, 0) is 36.5 Å². The van der Waals surface area contributed by atoms with E-state index in [1.807, 2.05) is 0 Å². The molecule has 23 heavy (non-hydrogen) atoms. The van der Waals surface area contributed by atoms with E-state index >= 15 is 0 Å². The molecule has 0 radical (unpaired) electrons. The molecule has 0 heterocycles. The van der Waals surface area contributed by atoms with Crippen molar-refractivity contribution in [1.82, 2.24) is 0 Å². The largest absolute Gasteiger partial charge is 0.0654 e. The van der Waals surface area contributed by atoms with Crippen molar-refractivity contribution in [2.45, 2.75) is 125 Å². The Kier molecular flexibility index (Phi) is 15.5. The lowest BCUT2D eigenvalue weighted by Gasteiger charge is -2.33. The fourth-order valence-electron chi connectivity index (χ4n) is 4.15. The predicted octanol–water partition coefficient (Wildman–Crippen LogP) is 8.64. The van der Waals surface area contributed by atoms with Crippen molar-refractivity contribution in [3.63, 3.8) is 0 Å². The van der Waals surface area contributed by atoms with Gasteiger partial charge in [0.05, 0.1) is 0 Å². The van der Waals surface area contributed by atoms with Crippen LogP contribution in [0.3, 0.4) is 0 Å². The molecule has 0 saturated heterocycles. The molecule has 1 aliphatic rings. The van der Waals surface area contributed by atoms with Crippen LogP contribution in [0.2, 0.25) is 0 Å². The molecule has 0 N–H and O–H groups in total. The monoisotopic (exact) mass is 324 g/mol. The van der Waals surface area contributed by atoms with Gasteiger partial charge in [0.1, 0.15) is 0 Å². The standard InChI is InChI=1S/C17H34.C6H14/c1-4-6-7-8-10-16(9-5-2)17-13-11-15(3)12-14-17;1-4-5-6(2)3/h15-17H,4-14H2,1-3H3;6H,4-5H2,1-3H3. The van der Waals surface area contributed by atoms with E-state index in [1.165, 1.54) is 83.5 Å². The maximum atomic E-state index is 2.44. The van der Waals surface area contributed by atoms with Crippen LogP contribution in [-0.4, -0.2) is 0 Å². The van der Waals surface area contributed by atoms with Crippen LogP contribution in [0.15, 0.2) is 0 Å². The highest BCUT2D eigenvalue weighted by atomic mass is 14.3. The molecule has 1 fully saturated rings. The zero-order valence-corrected chi connectivity index (χ0v) is 17.5. The van der Waals surface area contributed by atoms with Crippen molar-refractivity contribution >= 4 is 0 Å². The first kappa shape index (κ1) is 23.0. The third-order valence-electron chi connectivity index (χ3n) is 5.68. The molecule has 0 heteroatoms. The van der Waals surface area contributed by atoms with Crippen molar-refractivity contribution in [1.29, 1.82) is 0 Å². The van der Waals surface area contributed by atoms with Crippen LogP contribution in [0.25, 0.3) is 0 Å². The first-order valence-electron chi connectivity index (χ1n) is 11.0. The maximum Gasteiger partial charge on any atom is -0.0386 e. The topological polar surface area (TPSA) is 0 Å². The van der Waals surface area contributed by atoms with Crippen LogP contribution in [-0.2, 0) is 0 Å². The Bertz CT molecular complexity index is 222. The molecule has 0 aromatic carbocycles. The number of unbranched alkanes of at least 4 members (excludes halogenated alkanes) is 3. The van der Waals surface area contributed by atoms with Gasteiger partial charge in [0.15, 0.2) is 0 Å². The molecule has 1 aliphatic carbocycles. The molecule has 0 nitrogen and oxygen atoms in total. The summed E-state index contributed by atoms with van der Waals surface area (Å²) in [4.78, 5) is 0. The molecule has 1 saturated carbocycles. The first-order valence-corrected chi connectivity index (χ1v) is 11.0. The van der Waals surface area contributed by atoms with Gasteiger partial charge < -0.3 is 0 Å². The second kappa shape index (κ2) is 15.5. The molecular formula is C23H48. The summed E-state index contributed by atoms with van der Waals surface area (Å²) in [6.45, 7) is 13.8. The van der Waals surface area contributed by atoms with E-state index in [4.69, 9.17) is 0 Å². The Balaban J connectivity index is 0.000000688. The van der Waals surface area contributed by atoms with Gasteiger partial charge in [0, 0.05) is 0 Å². The summed E-state index contributed by atoms with van der Waals surface area (Å²) in [6, 6.07) is 0. The Morgan fingerprint density at radius 3 is 1.74 bits per heavy atom. The smallest absolute Gasteiger partial charge is 0.0386 e. The summed E-state index contributed by atoms with van der Waals surface area (Å²) in [5.74, 6) is 4.04. The zero-order valence-electron chi connectivity index (χ0n) is 17.5. The summed E-state index contributed by atoms with van der Waals surface area (Å²) in [7, 11) is 0. The lowest BCUT2D eigenvalue weighted by molar-refractivity contribution is 0.190. The molecule has 0 bridgehead atoms. The van der Waals surface area contributed by atoms with E-state index in [9.17, 15) is 0 Å². The highest BCUT2D eigenvalue weighted by Crippen LogP contribution is 2.37. The van der Waals surface area contributed by atoms with Crippen molar-refractivity contribution in [2.75, 3.05) is 0 Å². The van der Waals surface area contributed by atoms with E-state index in [2.05, 4.69) is 41.5 Å². The molecule has 0 spiro atoms. The molecule has 0 aromatic rings. The minimum atomic E-state index is 0.898. The minimum absolute atomic E-state index is 0.898. The minimum Gasteiger partial charge on any atom is -0.0654 e. The summed E-state index contributed by atoms with van der Waals surface area (Å²) >= 11 is 0. The predicted molar refractivity (Wildman–Crippen MR) is 108 cm³/mol. The van der Waals surface area contributed by atoms with Gasteiger partial charge in [0.2, 0.25) is 0 Å². The van der Waals surface area contributed by atoms with Gasteiger partial charge in [-0.15, -0.1) is 0 Å². The molecule has 140 valence electrons. The third-order valence-corrected chi connectivity index (χ3v) is 5.68. The lowest BCUT2D eigenvalue weighted by Crippen LogP contribution is -2.21. The van der Waals surface area contributed by atoms with Gasteiger partial charge in [-0.3, -0.25) is 0 Å². The van der Waals surface area contributed by atoms with Gasteiger partial charge >= 0.3 is 0 Å². The maximum absolute atomic E-state index is 2.44. The molecule has 1 unspecified atom stereocenters. The quantitative estimate of drug-likeness (QED) is 0.353. The van der Waals surface area contributed by atoms with Crippen LogP contribution < -0.4 is 0 Å². The van der Waals surface area contributed by atoms with E-state index in [1.54, 1.807) is 0 Å². The zero-order chi connectivity index (χ0) is 17.5. The highest BCUT2D eigenvalue weighted by Gasteiger charge is 2.24. The van der Waals surface area contributed by atoms with E-state index in [0.717, 1.165) is 23.7 Å². The third kappa shape index (κ3) is 13.0. The van der Waals surface area contributed by atoms with E-state index in [0.29, 0.717) is 0 Å². The van der Waals surface area contributed by atoms with E-state index < -0.39 is 0 Å². The average molecular weight is 325 g/mol. The van der Waals surface area contributed by atoms with Crippen molar-refractivity contribution < 1.29 is 0 Å². The van der Waals surface area contributed by atoms with Gasteiger partial charge in [0.25, 0.3) is 0 Å². The highest BCUT2D eigenvalue weighted by molar-refractivity contribution is 4.76. The normalized spacial score (nSPS) is 22.6. The van der Waals surface area contributed by atoms with Crippen molar-refractivity contribution in [3.05, 3.63) is 0 Å². The second-order valence-electron chi connectivity index (χ2n) is 8.60. The van der Waals surface area contributed by atoms with Crippen molar-refractivity contribution in [2.24, 2.45) is 23.7 Å². The molecule has 1 rings (SSSR count). The van der Waals surface area contributed by atoms with Crippen LogP contribution in [0.5, 0.6) is 0 Å². The summed E-state index contributed by atoms with van der Waals surface area (Å²) in [6.07, 6.45) is 18.9. The Hall–Kier alpha value is 0. The van der Waals surface area contributed by atoms with Crippen LogP contribution in [0.1, 0.15) is 125 Å². The molecule has 0 aliphatic heterocycles. The fourth-order valence-corrected chi connectivity index (χ4v) is 4.15. The molecule has 0 amide bonds. The van der Waals surface area contributed by atoms with Crippen LogP contribution in [0, 0.1) is 23.7 Å². The molecular weight excluding hydrogens is 276 g/mol. The summed E-state index contributed by atoms with van der Waals surface area (Å²) < 4.78 is 0. The Morgan fingerprint density at radius 2 is 1.30 bits per heavy atom. The summed E-state index contributed by atoms with van der Waals surface area (Å²) in [5, 5.41) is 0. The number of hydrogen-bond donors (Lipinski definition) is 0. The Morgan fingerprint density at radius 1 is 0.696 bits per heavy atom. The molecule has 1 atom stereocenters. The number of rotatable bonds is 10. The second-order valence-corrected chi connectivity index (χ2v) is 8.60. The van der Waals surface area contributed by atoms with Gasteiger partial charge in [-0.25, -0.2) is 0 Å². The summed E-state index contributed by atoms with van der Waals surface area (Å²) in [5.41, 5.74) is 0. The fraction of sp³-hybridized carbons (Fsp3) is 1.00. The van der Waals surface area contributed by atoms with Crippen LogP contribution in [0.4, 0.5) is 0 Å². The SMILES string of the molecule is CCCC(C)C.CCCCCCC(CCC)C1CCC(C)CC1. The molecule has 0 aromatic heterocycles. The Labute approximate surface area is 149 Å². The lowest BCUT2D eigenvalue weighted by atomic mass is 9.73. The number of hydrogen-bond acceptors (Lipinski definition) is 0.